The van der Waals surface area contributed by atoms with E-state index < -0.39 is 0 Å². The van der Waals surface area contributed by atoms with Crippen molar-refractivity contribution in [3.63, 3.8) is 0 Å². The molecule has 0 radical (unpaired) electrons. The molecule has 21 heavy (non-hydrogen) atoms. The standard InChI is InChI=1S/C16H19FN2OS/c1-10(2)15-14(9-20)21-16(18-15)19(4)11(3)12-7-5-6-8-13(12)17/h5-11H,1-4H3. The molecule has 112 valence electrons. The Kier molecular flexibility index (Phi) is 4.73. The Labute approximate surface area is 128 Å². The molecule has 1 aromatic heterocycles. The second-order valence-corrected chi connectivity index (χ2v) is 6.34. The molecule has 0 saturated carbocycles. The Bertz CT molecular complexity index is 639. The molecule has 2 aromatic rings. The van der Waals surface area contributed by atoms with Gasteiger partial charge < -0.3 is 4.90 Å². The summed E-state index contributed by atoms with van der Waals surface area (Å²) in [5.74, 6) is -0.0412. The van der Waals surface area contributed by atoms with E-state index in [1.165, 1.54) is 17.4 Å². The van der Waals surface area contributed by atoms with E-state index >= 15 is 0 Å². The van der Waals surface area contributed by atoms with Crippen molar-refractivity contribution in [3.8, 4) is 0 Å². The minimum absolute atomic E-state index is 0.156. The van der Waals surface area contributed by atoms with Crippen LogP contribution in [0.5, 0.6) is 0 Å². The number of aldehydes is 1. The number of carbonyl (C=O) groups is 1. The van der Waals surface area contributed by atoms with Gasteiger partial charge in [-0.1, -0.05) is 43.4 Å². The van der Waals surface area contributed by atoms with Crippen LogP contribution in [0.1, 0.15) is 53.7 Å². The van der Waals surface area contributed by atoms with Gasteiger partial charge in [0.2, 0.25) is 0 Å². The molecule has 1 atom stereocenters. The van der Waals surface area contributed by atoms with E-state index in [0.29, 0.717) is 10.4 Å². The summed E-state index contributed by atoms with van der Waals surface area (Å²) in [6.45, 7) is 5.94. The van der Waals surface area contributed by atoms with Crippen LogP contribution in [0.25, 0.3) is 0 Å². The lowest BCUT2D eigenvalue weighted by atomic mass is 10.1. The van der Waals surface area contributed by atoms with Gasteiger partial charge in [0.15, 0.2) is 11.4 Å². The Morgan fingerprint density at radius 1 is 1.29 bits per heavy atom. The zero-order valence-corrected chi connectivity index (χ0v) is 13.4. The quantitative estimate of drug-likeness (QED) is 0.767. The zero-order valence-electron chi connectivity index (χ0n) is 12.6. The lowest BCUT2D eigenvalue weighted by Crippen LogP contribution is -2.22. The molecule has 5 heteroatoms. The number of thiazole rings is 1. The maximum atomic E-state index is 13.9. The number of nitrogens with zero attached hydrogens (tertiary/aromatic N) is 2. The molecule has 0 aliphatic rings. The summed E-state index contributed by atoms with van der Waals surface area (Å²) in [7, 11) is 1.87. The molecule has 0 spiro atoms. The summed E-state index contributed by atoms with van der Waals surface area (Å²) in [4.78, 5) is 18.3. The van der Waals surface area contributed by atoms with Gasteiger partial charge in [0.25, 0.3) is 0 Å². The largest absolute Gasteiger partial charge is 0.344 e. The maximum Gasteiger partial charge on any atom is 0.186 e. The molecule has 2 rings (SSSR count). The second-order valence-electron chi connectivity index (χ2n) is 5.33. The zero-order chi connectivity index (χ0) is 15.6. The van der Waals surface area contributed by atoms with Crippen molar-refractivity contribution >= 4 is 22.8 Å². The highest BCUT2D eigenvalue weighted by Crippen LogP contribution is 2.33. The topological polar surface area (TPSA) is 33.2 Å². The van der Waals surface area contributed by atoms with Gasteiger partial charge in [0.05, 0.1) is 16.6 Å². The molecule has 1 heterocycles. The van der Waals surface area contributed by atoms with Gasteiger partial charge in [-0.2, -0.15) is 0 Å². The van der Waals surface area contributed by atoms with Crippen molar-refractivity contribution in [1.82, 2.24) is 4.98 Å². The predicted octanol–water partition coefficient (Wildman–Crippen LogP) is 4.42. The molecule has 0 aliphatic carbocycles. The van der Waals surface area contributed by atoms with Crippen molar-refractivity contribution < 1.29 is 9.18 Å². The number of aromatic nitrogens is 1. The first-order valence-electron chi connectivity index (χ1n) is 6.88. The molecule has 0 amide bonds. The Hall–Kier alpha value is -1.75. The highest BCUT2D eigenvalue weighted by atomic mass is 32.1. The maximum absolute atomic E-state index is 13.9. The van der Waals surface area contributed by atoms with Gasteiger partial charge in [-0.05, 0) is 18.9 Å². The normalized spacial score (nSPS) is 12.5. The van der Waals surface area contributed by atoms with Crippen molar-refractivity contribution in [1.29, 1.82) is 0 Å². The lowest BCUT2D eigenvalue weighted by molar-refractivity contribution is 0.112. The number of rotatable bonds is 5. The van der Waals surface area contributed by atoms with E-state index in [-0.39, 0.29) is 17.8 Å². The third kappa shape index (κ3) is 3.13. The van der Waals surface area contributed by atoms with E-state index in [0.717, 1.165) is 17.1 Å². The molecule has 0 N–H and O–H groups in total. The highest BCUT2D eigenvalue weighted by molar-refractivity contribution is 7.17. The first-order chi connectivity index (χ1) is 9.95. The number of anilines is 1. The van der Waals surface area contributed by atoms with Crippen LogP contribution in [0.15, 0.2) is 24.3 Å². The smallest absolute Gasteiger partial charge is 0.186 e. The summed E-state index contributed by atoms with van der Waals surface area (Å²) < 4.78 is 13.9. The van der Waals surface area contributed by atoms with E-state index in [9.17, 15) is 9.18 Å². The minimum atomic E-state index is -0.229. The van der Waals surface area contributed by atoms with E-state index in [2.05, 4.69) is 4.98 Å². The minimum Gasteiger partial charge on any atom is -0.344 e. The molecule has 3 nitrogen and oxygen atoms in total. The number of carbonyl (C=O) groups excluding carboxylic acids is 1. The molecule has 0 fully saturated rings. The number of benzene rings is 1. The summed E-state index contributed by atoms with van der Waals surface area (Å²) in [5, 5.41) is 0.733. The Balaban J connectivity index is 2.34. The fourth-order valence-corrected chi connectivity index (χ4v) is 3.25. The van der Waals surface area contributed by atoms with Crippen molar-refractivity contribution in [2.24, 2.45) is 0 Å². The first-order valence-corrected chi connectivity index (χ1v) is 7.70. The number of hydrogen-bond acceptors (Lipinski definition) is 4. The summed E-state index contributed by atoms with van der Waals surface area (Å²) in [6.07, 6.45) is 0.845. The Morgan fingerprint density at radius 3 is 2.48 bits per heavy atom. The molecule has 0 saturated heterocycles. The van der Waals surface area contributed by atoms with Crippen molar-refractivity contribution in [2.45, 2.75) is 32.7 Å². The summed E-state index contributed by atoms with van der Waals surface area (Å²) in [5.41, 5.74) is 1.42. The average Bonchev–Trinajstić information content (AvgIpc) is 2.90. The molecule has 1 unspecified atom stereocenters. The van der Waals surface area contributed by atoms with E-state index in [4.69, 9.17) is 0 Å². The fraction of sp³-hybridized carbons (Fsp3) is 0.375. The van der Waals surface area contributed by atoms with Gasteiger partial charge >= 0.3 is 0 Å². The van der Waals surface area contributed by atoms with Gasteiger partial charge in [-0.15, -0.1) is 0 Å². The van der Waals surface area contributed by atoms with Gasteiger partial charge in [0, 0.05) is 12.6 Å². The van der Waals surface area contributed by atoms with Crippen molar-refractivity contribution in [2.75, 3.05) is 11.9 Å². The molecular weight excluding hydrogens is 287 g/mol. The number of halogens is 1. The predicted molar refractivity (Wildman–Crippen MR) is 84.8 cm³/mol. The van der Waals surface area contributed by atoms with E-state index in [1.807, 2.05) is 38.8 Å². The fourth-order valence-electron chi connectivity index (χ4n) is 2.17. The monoisotopic (exact) mass is 306 g/mol. The van der Waals surface area contributed by atoms with Gasteiger partial charge in [-0.25, -0.2) is 9.37 Å². The number of hydrogen-bond donors (Lipinski definition) is 0. The van der Waals surface area contributed by atoms with Crippen molar-refractivity contribution in [3.05, 3.63) is 46.2 Å². The van der Waals surface area contributed by atoms with Crippen LogP contribution < -0.4 is 4.90 Å². The van der Waals surface area contributed by atoms with Gasteiger partial charge in [0.1, 0.15) is 5.82 Å². The average molecular weight is 306 g/mol. The molecular formula is C16H19FN2OS. The van der Waals surface area contributed by atoms with Crippen LogP contribution in [-0.2, 0) is 0 Å². The van der Waals surface area contributed by atoms with E-state index in [1.54, 1.807) is 12.1 Å². The van der Waals surface area contributed by atoms with Crippen LogP contribution in [-0.4, -0.2) is 18.3 Å². The summed E-state index contributed by atoms with van der Waals surface area (Å²) in [6, 6.07) is 6.57. The molecule has 0 aliphatic heterocycles. The highest BCUT2D eigenvalue weighted by Gasteiger charge is 2.21. The molecule has 1 aromatic carbocycles. The van der Waals surface area contributed by atoms with Crippen LogP contribution >= 0.6 is 11.3 Å². The lowest BCUT2D eigenvalue weighted by Gasteiger charge is -2.25. The van der Waals surface area contributed by atoms with Crippen LogP contribution in [0.2, 0.25) is 0 Å². The SMILES string of the molecule is CC(C)c1nc(N(C)C(C)c2ccccc2F)sc1C=O. The third-order valence-corrected chi connectivity index (χ3v) is 4.65. The van der Waals surface area contributed by atoms with Gasteiger partial charge in [-0.3, -0.25) is 4.79 Å². The van der Waals surface area contributed by atoms with Crippen LogP contribution in [0.3, 0.4) is 0 Å². The first kappa shape index (κ1) is 15.6. The second kappa shape index (κ2) is 6.35. The summed E-state index contributed by atoms with van der Waals surface area (Å²) >= 11 is 1.35. The van der Waals surface area contributed by atoms with Crippen LogP contribution in [0, 0.1) is 5.82 Å². The van der Waals surface area contributed by atoms with Crippen LogP contribution in [0.4, 0.5) is 9.52 Å². The third-order valence-electron chi connectivity index (χ3n) is 3.56. The molecule has 0 bridgehead atoms. The Morgan fingerprint density at radius 2 is 1.95 bits per heavy atom.